The summed E-state index contributed by atoms with van der Waals surface area (Å²) < 4.78 is 16.5. The summed E-state index contributed by atoms with van der Waals surface area (Å²) >= 11 is 0. The predicted octanol–water partition coefficient (Wildman–Crippen LogP) is 7.25. The summed E-state index contributed by atoms with van der Waals surface area (Å²) in [5.74, 6) is 0.583. The number of hydrogen-bond acceptors (Lipinski definition) is 11. The standard InChI is InChI=1S/C38H30N6O6/c45-29-19-27-28(20-31(29)50-38(47)48-22-23-7-3-1-4-8-23)39-16-13-30(27)49-26-11-12-32(40-21-26)41-37(46)36-42-33(24-9-5-2-6-10-24)35-34(43-36)25-14-17-44(35)18-15-25/h1-13,16,19-21,25,45H,14-15,17-18,22H2,(H,40,41,46). The fourth-order valence-electron chi connectivity index (χ4n) is 6.30. The fourth-order valence-corrected chi connectivity index (χ4v) is 6.30. The Balaban J connectivity index is 0.967. The molecule has 0 unspecified atom stereocenters. The Morgan fingerprint density at radius 1 is 0.880 bits per heavy atom. The van der Waals surface area contributed by atoms with E-state index in [-0.39, 0.29) is 23.9 Å². The maximum absolute atomic E-state index is 13.4. The SMILES string of the molecule is O=C(OCc1ccccc1)Oc1cc2nccc(Oc3ccc(NC(=O)c4nc(-c5ccccc5)c5c(n4)C4CCN5CC4)nc3)c2cc1O. The molecule has 248 valence electrons. The lowest BCUT2D eigenvalue weighted by atomic mass is 9.85. The summed E-state index contributed by atoms with van der Waals surface area (Å²) in [6.07, 6.45) is 4.05. The number of ether oxygens (including phenoxy) is 3. The van der Waals surface area contributed by atoms with E-state index in [2.05, 4.69) is 20.2 Å². The number of aromatic hydroxyl groups is 1. The molecule has 12 heteroatoms. The van der Waals surface area contributed by atoms with E-state index in [9.17, 15) is 14.7 Å². The molecule has 0 spiro atoms. The van der Waals surface area contributed by atoms with Crippen LogP contribution in [0.5, 0.6) is 23.0 Å². The number of aromatic nitrogens is 4. The summed E-state index contributed by atoms with van der Waals surface area (Å²) in [6.45, 7) is 1.95. The third kappa shape index (κ3) is 6.21. The number of amides is 1. The van der Waals surface area contributed by atoms with Crippen LogP contribution < -0.4 is 19.7 Å². The van der Waals surface area contributed by atoms with E-state index in [1.165, 1.54) is 24.5 Å². The highest BCUT2D eigenvalue weighted by Gasteiger charge is 2.36. The van der Waals surface area contributed by atoms with E-state index in [1.807, 2.05) is 60.7 Å². The zero-order chi connectivity index (χ0) is 34.0. The summed E-state index contributed by atoms with van der Waals surface area (Å²) in [7, 11) is 0. The first-order chi connectivity index (χ1) is 24.5. The molecule has 9 rings (SSSR count). The molecule has 0 saturated carbocycles. The highest BCUT2D eigenvalue weighted by Crippen LogP contribution is 2.45. The first kappa shape index (κ1) is 30.8. The molecule has 12 nitrogen and oxygen atoms in total. The molecule has 0 atom stereocenters. The van der Waals surface area contributed by atoms with Crippen molar-refractivity contribution in [2.75, 3.05) is 23.3 Å². The predicted molar refractivity (Wildman–Crippen MR) is 185 cm³/mol. The molecule has 3 aromatic carbocycles. The minimum Gasteiger partial charge on any atom is -0.504 e. The number of benzene rings is 3. The summed E-state index contributed by atoms with van der Waals surface area (Å²) in [4.78, 5) is 46.2. The number of nitrogens with zero attached hydrogens (tertiary/aromatic N) is 5. The second-order valence-electron chi connectivity index (χ2n) is 12.0. The van der Waals surface area contributed by atoms with Crippen molar-refractivity contribution in [3.8, 4) is 34.3 Å². The number of hydrogen-bond donors (Lipinski definition) is 2. The van der Waals surface area contributed by atoms with Crippen LogP contribution in [0.1, 0.15) is 40.6 Å². The van der Waals surface area contributed by atoms with Gasteiger partial charge < -0.3 is 29.5 Å². The van der Waals surface area contributed by atoms with Gasteiger partial charge in [-0.05, 0) is 42.7 Å². The molecule has 0 aliphatic carbocycles. The van der Waals surface area contributed by atoms with Gasteiger partial charge in [0.25, 0.3) is 5.91 Å². The van der Waals surface area contributed by atoms with Crippen molar-refractivity contribution in [2.45, 2.75) is 25.4 Å². The van der Waals surface area contributed by atoms with Crippen LogP contribution in [0.25, 0.3) is 22.2 Å². The van der Waals surface area contributed by atoms with Crippen molar-refractivity contribution in [1.82, 2.24) is 19.9 Å². The number of pyridine rings is 2. The van der Waals surface area contributed by atoms with Crippen LogP contribution in [-0.4, -0.2) is 50.2 Å². The molecule has 50 heavy (non-hydrogen) atoms. The van der Waals surface area contributed by atoms with Gasteiger partial charge in [-0.15, -0.1) is 0 Å². The number of fused-ring (bicyclic) bond motifs is 3. The molecule has 3 aromatic heterocycles. The molecular weight excluding hydrogens is 636 g/mol. The highest BCUT2D eigenvalue weighted by atomic mass is 16.7. The van der Waals surface area contributed by atoms with Crippen LogP contribution in [0.3, 0.4) is 0 Å². The third-order valence-corrected chi connectivity index (χ3v) is 8.74. The molecule has 6 aromatic rings. The van der Waals surface area contributed by atoms with Crippen molar-refractivity contribution in [3.63, 3.8) is 0 Å². The van der Waals surface area contributed by atoms with Gasteiger partial charge in [0.05, 0.1) is 28.8 Å². The van der Waals surface area contributed by atoms with Gasteiger partial charge >= 0.3 is 6.16 Å². The topological polar surface area (TPSA) is 149 Å². The van der Waals surface area contributed by atoms with E-state index < -0.39 is 12.1 Å². The van der Waals surface area contributed by atoms with Gasteiger partial charge in [0.1, 0.15) is 23.9 Å². The average Bonchev–Trinajstić information content (AvgIpc) is 3.16. The maximum Gasteiger partial charge on any atom is 0.514 e. The van der Waals surface area contributed by atoms with Crippen LogP contribution in [0.4, 0.5) is 16.3 Å². The Morgan fingerprint density at radius 2 is 1.66 bits per heavy atom. The zero-order valence-electron chi connectivity index (χ0n) is 26.7. The first-order valence-electron chi connectivity index (χ1n) is 16.2. The first-order valence-corrected chi connectivity index (χ1v) is 16.2. The largest absolute Gasteiger partial charge is 0.514 e. The van der Waals surface area contributed by atoms with E-state index in [0.29, 0.717) is 34.1 Å². The van der Waals surface area contributed by atoms with E-state index >= 15 is 0 Å². The van der Waals surface area contributed by atoms with E-state index in [1.54, 1.807) is 18.2 Å². The Bertz CT molecular complexity index is 2210. The summed E-state index contributed by atoms with van der Waals surface area (Å²) in [6, 6.07) is 26.8. The second-order valence-corrected chi connectivity index (χ2v) is 12.0. The number of phenolic OH excluding ortho intramolecular Hbond substituents is 1. The van der Waals surface area contributed by atoms with Crippen molar-refractivity contribution in [1.29, 1.82) is 0 Å². The second kappa shape index (κ2) is 13.2. The van der Waals surface area contributed by atoms with Gasteiger partial charge in [0.15, 0.2) is 11.5 Å². The number of carbonyl (C=O) groups is 2. The lowest BCUT2D eigenvalue weighted by Gasteiger charge is -2.42. The molecule has 2 N–H and O–H groups in total. The van der Waals surface area contributed by atoms with Gasteiger partial charge in [-0.25, -0.2) is 19.7 Å². The van der Waals surface area contributed by atoms with Crippen molar-refractivity contribution in [2.24, 2.45) is 0 Å². The Labute approximate surface area is 286 Å². The molecule has 1 saturated heterocycles. The molecule has 1 fully saturated rings. The van der Waals surface area contributed by atoms with Gasteiger partial charge in [-0.1, -0.05) is 60.7 Å². The Morgan fingerprint density at radius 3 is 2.42 bits per heavy atom. The van der Waals surface area contributed by atoms with Crippen LogP contribution in [-0.2, 0) is 11.3 Å². The fraction of sp³-hybridized carbons (Fsp3) is 0.158. The van der Waals surface area contributed by atoms with Crippen LogP contribution >= 0.6 is 0 Å². The molecule has 3 aliphatic heterocycles. The number of piperidine rings is 1. The van der Waals surface area contributed by atoms with Crippen molar-refractivity contribution in [3.05, 3.63) is 120 Å². The normalized spacial score (nSPS) is 13.5. The van der Waals surface area contributed by atoms with Crippen LogP contribution in [0.15, 0.2) is 103 Å². The van der Waals surface area contributed by atoms with Gasteiger partial charge in [-0.2, -0.15) is 0 Å². The van der Waals surface area contributed by atoms with Crippen LogP contribution in [0, 0.1) is 0 Å². The quantitative estimate of drug-likeness (QED) is 0.125. The molecule has 3 aliphatic rings. The Hall–Kier alpha value is -6.56. The molecule has 0 radical (unpaired) electrons. The number of phenols is 1. The Kier molecular flexibility index (Phi) is 8.09. The minimum atomic E-state index is -0.964. The molecular formula is C38H30N6O6. The zero-order valence-corrected chi connectivity index (χ0v) is 26.7. The lowest BCUT2D eigenvalue weighted by Crippen LogP contribution is -2.40. The van der Waals surface area contributed by atoms with Crippen LogP contribution in [0.2, 0.25) is 0 Å². The maximum atomic E-state index is 13.4. The average molecular weight is 667 g/mol. The minimum absolute atomic E-state index is 0.0248. The lowest BCUT2D eigenvalue weighted by molar-refractivity contribution is 0.0917. The molecule has 6 heterocycles. The monoisotopic (exact) mass is 666 g/mol. The highest BCUT2D eigenvalue weighted by molar-refractivity contribution is 6.02. The number of anilines is 2. The number of nitrogens with one attached hydrogen (secondary N) is 1. The number of rotatable bonds is 8. The summed E-state index contributed by atoms with van der Waals surface area (Å²) in [5, 5.41) is 13.9. The molecule has 1 amide bonds. The molecule has 2 bridgehead atoms. The van der Waals surface area contributed by atoms with Crippen molar-refractivity contribution < 1.29 is 28.9 Å². The summed E-state index contributed by atoms with van der Waals surface area (Å²) in [5.41, 5.74) is 4.86. The van der Waals surface area contributed by atoms with Crippen molar-refractivity contribution >= 4 is 34.5 Å². The van der Waals surface area contributed by atoms with Gasteiger partial charge in [0.2, 0.25) is 5.82 Å². The smallest absolute Gasteiger partial charge is 0.504 e. The van der Waals surface area contributed by atoms with Gasteiger partial charge in [-0.3, -0.25) is 9.78 Å². The van der Waals surface area contributed by atoms with Gasteiger partial charge in [0, 0.05) is 42.2 Å². The number of carbonyl (C=O) groups excluding carboxylic acids is 2. The van der Waals surface area contributed by atoms with E-state index in [0.717, 1.165) is 54.1 Å². The van der Waals surface area contributed by atoms with E-state index in [4.69, 9.17) is 24.2 Å². The third-order valence-electron chi connectivity index (χ3n) is 8.74.